The largest absolute Gasteiger partial charge is 0.393 e. The van der Waals surface area contributed by atoms with Gasteiger partial charge in [-0.2, -0.15) is 0 Å². The van der Waals surface area contributed by atoms with Crippen molar-refractivity contribution in [1.82, 2.24) is 0 Å². The van der Waals surface area contributed by atoms with Gasteiger partial charge in [0, 0.05) is 5.69 Å². The number of aliphatic hydroxyl groups is 1. The molecule has 0 aromatic heterocycles. The third-order valence-corrected chi connectivity index (χ3v) is 3.30. The van der Waals surface area contributed by atoms with Crippen LogP contribution in [0.1, 0.15) is 31.4 Å². The zero-order valence-corrected chi connectivity index (χ0v) is 11.3. The maximum atomic E-state index is 9.93. The van der Waals surface area contributed by atoms with Crippen molar-refractivity contribution in [1.29, 1.82) is 0 Å². The molecule has 2 atom stereocenters. The Labute approximate surface area is 115 Å². The first-order valence-electron chi connectivity index (χ1n) is 6.84. The molecule has 0 spiro atoms. The van der Waals surface area contributed by atoms with Crippen LogP contribution in [0.3, 0.4) is 0 Å². The Bertz CT molecular complexity index is 469. The van der Waals surface area contributed by atoms with Crippen LogP contribution in [-0.4, -0.2) is 11.2 Å². The fourth-order valence-electron chi connectivity index (χ4n) is 2.14. The van der Waals surface area contributed by atoms with Gasteiger partial charge in [-0.05, 0) is 30.5 Å². The number of nitrogens with one attached hydrogen (secondary N) is 1. The van der Waals surface area contributed by atoms with Crippen molar-refractivity contribution in [2.45, 2.75) is 31.9 Å². The quantitative estimate of drug-likeness (QED) is 0.817. The monoisotopic (exact) mass is 255 g/mol. The molecule has 2 nitrogen and oxygen atoms in total. The van der Waals surface area contributed by atoms with Crippen molar-refractivity contribution in [2.24, 2.45) is 0 Å². The second kappa shape index (κ2) is 6.95. The van der Waals surface area contributed by atoms with Gasteiger partial charge in [-0.1, -0.05) is 55.5 Å². The summed E-state index contributed by atoms with van der Waals surface area (Å²) in [6.07, 6.45) is 1.22. The standard InChI is InChI=1S/C17H21NO/c1-2-16(19)13-17(14-9-5-3-6-10-14)18-15-11-7-4-8-12-15/h3-12,16-19H,2,13H2,1H3/t16-,17-/m1/s1. The van der Waals surface area contributed by atoms with Gasteiger partial charge in [0.05, 0.1) is 12.1 Å². The average molecular weight is 255 g/mol. The minimum atomic E-state index is -0.276. The molecular formula is C17H21NO. The molecule has 0 aliphatic carbocycles. The van der Waals surface area contributed by atoms with E-state index >= 15 is 0 Å². The molecule has 100 valence electrons. The smallest absolute Gasteiger partial charge is 0.0560 e. The molecule has 0 saturated heterocycles. The molecule has 0 amide bonds. The topological polar surface area (TPSA) is 32.3 Å². The summed E-state index contributed by atoms with van der Waals surface area (Å²) >= 11 is 0. The Morgan fingerprint density at radius 2 is 1.53 bits per heavy atom. The lowest BCUT2D eigenvalue weighted by Gasteiger charge is -2.22. The van der Waals surface area contributed by atoms with E-state index in [1.807, 2.05) is 55.5 Å². The van der Waals surface area contributed by atoms with Crippen LogP contribution in [0.15, 0.2) is 60.7 Å². The summed E-state index contributed by atoms with van der Waals surface area (Å²) in [6, 6.07) is 20.6. The van der Waals surface area contributed by atoms with Gasteiger partial charge in [0.25, 0.3) is 0 Å². The molecule has 0 unspecified atom stereocenters. The van der Waals surface area contributed by atoms with Gasteiger partial charge < -0.3 is 10.4 Å². The zero-order valence-electron chi connectivity index (χ0n) is 11.3. The van der Waals surface area contributed by atoms with Gasteiger partial charge in [-0.15, -0.1) is 0 Å². The predicted molar refractivity (Wildman–Crippen MR) is 80.2 cm³/mol. The van der Waals surface area contributed by atoms with Crippen LogP contribution in [0.2, 0.25) is 0 Å². The molecule has 0 fully saturated rings. The van der Waals surface area contributed by atoms with Gasteiger partial charge >= 0.3 is 0 Å². The minimum Gasteiger partial charge on any atom is -0.393 e. The lowest BCUT2D eigenvalue weighted by molar-refractivity contribution is 0.154. The van der Waals surface area contributed by atoms with Gasteiger partial charge in [0.15, 0.2) is 0 Å². The van der Waals surface area contributed by atoms with Crippen LogP contribution < -0.4 is 5.32 Å². The van der Waals surface area contributed by atoms with Crippen LogP contribution >= 0.6 is 0 Å². The normalized spacial score (nSPS) is 13.8. The summed E-state index contributed by atoms with van der Waals surface area (Å²) in [7, 11) is 0. The molecule has 0 bridgehead atoms. The molecule has 2 N–H and O–H groups in total. The third-order valence-electron chi connectivity index (χ3n) is 3.30. The Morgan fingerprint density at radius 1 is 0.947 bits per heavy atom. The number of rotatable bonds is 6. The van der Waals surface area contributed by atoms with Crippen LogP contribution in [0.5, 0.6) is 0 Å². The van der Waals surface area contributed by atoms with Gasteiger partial charge in [-0.3, -0.25) is 0 Å². The summed E-state index contributed by atoms with van der Waals surface area (Å²) < 4.78 is 0. The van der Waals surface area contributed by atoms with E-state index in [9.17, 15) is 5.11 Å². The average Bonchev–Trinajstić information content (AvgIpc) is 2.48. The van der Waals surface area contributed by atoms with E-state index in [4.69, 9.17) is 0 Å². The fraction of sp³-hybridized carbons (Fsp3) is 0.294. The van der Waals surface area contributed by atoms with Crippen LogP contribution in [-0.2, 0) is 0 Å². The number of hydrogen-bond donors (Lipinski definition) is 2. The molecule has 2 heteroatoms. The van der Waals surface area contributed by atoms with Crippen molar-refractivity contribution in [3.63, 3.8) is 0 Å². The number of aliphatic hydroxyl groups excluding tert-OH is 1. The Morgan fingerprint density at radius 3 is 2.11 bits per heavy atom. The molecule has 0 saturated carbocycles. The van der Waals surface area contributed by atoms with E-state index in [0.717, 1.165) is 18.5 Å². The van der Waals surface area contributed by atoms with Crippen molar-refractivity contribution < 1.29 is 5.11 Å². The summed E-state index contributed by atoms with van der Waals surface area (Å²) in [4.78, 5) is 0. The highest BCUT2D eigenvalue weighted by molar-refractivity contribution is 5.45. The van der Waals surface area contributed by atoms with Crippen molar-refractivity contribution in [3.05, 3.63) is 66.2 Å². The number of para-hydroxylation sites is 1. The molecule has 0 aliphatic heterocycles. The van der Waals surface area contributed by atoms with Gasteiger partial charge in [-0.25, -0.2) is 0 Å². The number of benzene rings is 2. The Hall–Kier alpha value is -1.80. The van der Waals surface area contributed by atoms with Crippen LogP contribution in [0, 0.1) is 0 Å². The molecule has 2 aromatic carbocycles. The predicted octanol–water partition coefficient (Wildman–Crippen LogP) is 4.00. The fourth-order valence-corrected chi connectivity index (χ4v) is 2.14. The first kappa shape index (κ1) is 13.6. The molecule has 19 heavy (non-hydrogen) atoms. The second-order valence-corrected chi connectivity index (χ2v) is 4.77. The maximum Gasteiger partial charge on any atom is 0.0560 e. The molecule has 2 rings (SSSR count). The first-order chi connectivity index (χ1) is 9.29. The lowest BCUT2D eigenvalue weighted by Crippen LogP contribution is -2.18. The summed E-state index contributed by atoms with van der Waals surface area (Å²) in [6.45, 7) is 2.01. The summed E-state index contributed by atoms with van der Waals surface area (Å²) in [5.74, 6) is 0. The van der Waals surface area contributed by atoms with Crippen LogP contribution in [0.4, 0.5) is 5.69 Å². The van der Waals surface area contributed by atoms with E-state index in [-0.39, 0.29) is 12.1 Å². The molecule has 0 aliphatic rings. The number of hydrogen-bond acceptors (Lipinski definition) is 2. The highest BCUT2D eigenvalue weighted by Crippen LogP contribution is 2.24. The summed E-state index contributed by atoms with van der Waals surface area (Å²) in [5.41, 5.74) is 2.29. The van der Waals surface area contributed by atoms with E-state index in [0.29, 0.717) is 0 Å². The first-order valence-corrected chi connectivity index (χ1v) is 6.84. The van der Waals surface area contributed by atoms with E-state index in [1.165, 1.54) is 5.56 Å². The lowest BCUT2D eigenvalue weighted by atomic mass is 9.99. The van der Waals surface area contributed by atoms with Crippen molar-refractivity contribution >= 4 is 5.69 Å². The van der Waals surface area contributed by atoms with Crippen molar-refractivity contribution in [2.75, 3.05) is 5.32 Å². The number of anilines is 1. The molecule has 2 aromatic rings. The molecule has 0 heterocycles. The molecular weight excluding hydrogens is 234 g/mol. The van der Waals surface area contributed by atoms with Gasteiger partial charge in [0.2, 0.25) is 0 Å². The Balaban J connectivity index is 2.15. The highest BCUT2D eigenvalue weighted by Gasteiger charge is 2.15. The Kier molecular flexibility index (Phi) is 4.99. The van der Waals surface area contributed by atoms with Crippen molar-refractivity contribution in [3.8, 4) is 0 Å². The van der Waals surface area contributed by atoms with E-state index < -0.39 is 0 Å². The minimum absolute atomic E-state index is 0.138. The zero-order chi connectivity index (χ0) is 13.5. The summed E-state index contributed by atoms with van der Waals surface area (Å²) in [5, 5.41) is 13.4. The molecule has 0 radical (unpaired) electrons. The SMILES string of the molecule is CC[C@@H](O)C[C@@H](Nc1ccccc1)c1ccccc1. The van der Waals surface area contributed by atoms with Gasteiger partial charge in [0.1, 0.15) is 0 Å². The highest BCUT2D eigenvalue weighted by atomic mass is 16.3. The third kappa shape index (κ3) is 4.11. The van der Waals surface area contributed by atoms with E-state index in [2.05, 4.69) is 17.4 Å². The maximum absolute atomic E-state index is 9.93. The second-order valence-electron chi connectivity index (χ2n) is 4.77. The van der Waals surface area contributed by atoms with E-state index in [1.54, 1.807) is 0 Å². The van der Waals surface area contributed by atoms with Crippen LogP contribution in [0.25, 0.3) is 0 Å².